The predicted molar refractivity (Wildman–Crippen MR) is 83.0 cm³/mol. The first-order chi connectivity index (χ1) is 10.2. The number of carbonyl (C=O) groups is 1. The molecule has 3 rings (SSSR count). The van der Waals surface area contributed by atoms with E-state index in [9.17, 15) is 4.79 Å². The van der Waals surface area contributed by atoms with E-state index in [0.29, 0.717) is 17.2 Å². The molecule has 120 valence electrons. The standard InChI is InChI=1S/C17H30N2O2/c1-21-10-9-16(6-4-7-16)12-19-15(20)17-8-3-2-5-14(17)11-18-13-17/h14,18H,2-13H2,1H3,(H,19,20)/t14-,17+/m0/s1. The lowest BCUT2D eigenvalue weighted by molar-refractivity contribution is -0.135. The lowest BCUT2D eigenvalue weighted by Crippen LogP contribution is -2.51. The molecule has 0 bridgehead atoms. The first-order valence-electron chi connectivity index (χ1n) is 8.69. The Morgan fingerprint density at radius 1 is 1.29 bits per heavy atom. The van der Waals surface area contributed by atoms with Crippen molar-refractivity contribution in [2.45, 2.75) is 51.4 Å². The summed E-state index contributed by atoms with van der Waals surface area (Å²) in [7, 11) is 1.76. The summed E-state index contributed by atoms with van der Waals surface area (Å²) in [5, 5.41) is 6.80. The molecule has 4 nitrogen and oxygen atoms in total. The van der Waals surface area contributed by atoms with E-state index in [-0.39, 0.29) is 5.41 Å². The van der Waals surface area contributed by atoms with Gasteiger partial charge in [0.05, 0.1) is 5.41 Å². The maximum Gasteiger partial charge on any atom is 0.227 e. The number of ether oxygens (including phenoxy) is 1. The number of hydrogen-bond acceptors (Lipinski definition) is 3. The van der Waals surface area contributed by atoms with Crippen molar-refractivity contribution in [1.82, 2.24) is 10.6 Å². The molecule has 1 amide bonds. The summed E-state index contributed by atoms with van der Waals surface area (Å²) < 4.78 is 5.24. The number of rotatable bonds is 6. The van der Waals surface area contributed by atoms with Gasteiger partial charge in [-0.1, -0.05) is 19.3 Å². The molecule has 3 aliphatic rings. The van der Waals surface area contributed by atoms with E-state index in [2.05, 4.69) is 10.6 Å². The second kappa shape index (κ2) is 6.25. The molecule has 1 aliphatic heterocycles. The van der Waals surface area contributed by atoms with E-state index in [1.54, 1.807) is 7.11 Å². The van der Waals surface area contributed by atoms with Crippen LogP contribution in [0.4, 0.5) is 0 Å². The van der Waals surface area contributed by atoms with Crippen molar-refractivity contribution in [3.05, 3.63) is 0 Å². The predicted octanol–water partition coefficient (Wildman–Crippen LogP) is 2.09. The molecule has 0 spiro atoms. The van der Waals surface area contributed by atoms with Gasteiger partial charge in [-0.3, -0.25) is 4.79 Å². The second-order valence-electron chi connectivity index (χ2n) is 7.51. The maximum atomic E-state index is 12.9. The van der Waals surface area contributed by atoms with Gasteiger partial charge in [0.1, 0.15) is 0 Å². The lowest BCUT2D eigenvalue weighted by Gasteiger charge is -2.44. The van der Waals surface area contributed by atoms with Crippen LogP contribution in [0.5, 0.6) is 0 Å². The smallest absolute Gasteiger partial charge is 0.227 e. The Bertz CT molecular complexity index is 381. The van der Waals surface area contributed by atoms with Crippen molar-refractivity contribution in [2.75, 3.05) is 33.4 Å². The largest absolute Gasteiger partial charge is 0.385 e. The molecule has 0 aromatic rings. The molecule has 0 radical (unpaired) electrons. The molecular formula is C17H30N2O2. The van der Waals surface area contributed by atoms with Crippen LogP contribution in [0.25, 0.3) is 0 Å². The zero-order valence-electron chi connectivity index (χ0n) is 13.4. The fraction of sp³-hybridized carbons (Fsp3) is 0.941. The van der Waals surface area contributed by atoms with E-state index in [0.717, 1.165) is 39.1 Å². The van der Waals surface area contributed by atoms with Crippen molar-refractivity contribution in [3.63, 3.8) is 0 Å². The minimum atomic E-state index is -0.107. The van der Waals surface area contributed by atoms with Crippen LogP contribution in [0.3, 0.4) is 0 Å². The molecule has 0 aromatic heterocycles. The molecule has 2 N–H and O–H groups in total. The van der Waals surface area contributed by atoms with Gasteiger partial charge in [-0.25, -0.2) is 0 Å². The van der Waals surface area contributed by atoms with E-state index in [1.807, 2.05) is 0 Å². The van der Waals surface area contributed by atoms with Gasteiger partial charge in [0.15, 0.2) is 0 Å². The topological polar surface area (TPSA) is 50.4 Å². The van der Waals surface area contributed by atoms with Gasteiger partial charge in [-0.2, -0.15) is 0 Å². The Labute approximate surface area is 128 Å². The van der Waals surface area contributed by atoms with Crippen LogP contribution >= 0.6 is 0 Å². The minimum absolute atomic E-state index is 0.107. The van der Waals surface area contributed by atoms with Crippen molar-refractivity contribution in [2.24, 2.45) is 16.7 Å². The Morgan fingerprint density at radius 3 is 2.86 bits per heavy atom. The van der Waals surface area contributed by atoms with Crippen LogP contribution in [0.15, 0.2) is 0 Å². The van der Waals surface area contributed by atoms with Crippen LogP contribution in [-0.2, 0) is 9.53 Å². The third-order valence-electron chi connectivity index (χ3n) is 6.37. The van der Waals surface area contributed by atoms with Crippen molar-refractivity contribution >= 4 is 5.91 Å². The number of hydrogen-bond donors (Lipinski definition) is 2. The highest BCUT2D eigenvalue weighted by molar-refractivity contribution is 5.84. The Kier molecular flexibility index (Phi) is 4.55. The zero-order valence-corrected chi connectivity index (χ0v) is 13.4. The van der Waals surface area contributed by atoms with Crippen LogP contribution in [0.2, 0.25) is 0 Å². The third-order valence-corrected chi connectivity index (χ3v) is 6.37. The highest BCUT2D eigenvalue weighted by Gasteiger charge is 2.50. The maximum absolute atomic E-state index is 12.9. The van der Waals surface area contributed by atoms with Crippen LogP contribution in [-0.4, -0.2) is 39.3 Å². The van der Waals surface area contributed by atoms with Crippen LogP contribution in [0, 0.1) is 16.7 Å². The average Bonchev–Trinajstić information content (AvgIpc) is 2.90. The van der Waals surface area contributed by atoms with E-state index < -0.39 is 0 Å². The summed E-state index contributed by atoms with van der Waals surface area (Å²) in [4.78, 5) is 12.9. The molecule has 4 heteroatoms. The molecular weight excluding hydrogens is 264 g/mol. The fourth-order valence-corrected chi connectivity index (χ4v) is 4.64. The molecule has 1 heterocycles. The van der Waals surface area contributed by atoms with E-state index >= 15 is 0 Å². The lowest BCUT2D eigenvalue weighted by atomic mass is 9.65. The summed E-state index contributed by atoms with van der Waals surface area (Å²) >= 11 is 0. The molecule has 2 atom stereocenters. The molecule has 21 heavy (non-hydrogen) atoms. The summed E-state index contributed by atoms with van der Waals surface area (Å²) in [6, 6.07) is 0. The summed E-state index contributed by atoms with van der Waals surface area (Å²) in [6.45, 7) is 3.58. The highest BCUT2D eigenvalue weighted by Crippen LogP contribution is 2.46. The summed E-state index contributed by atoms with van der Waals surface area (Å²) in [6.07, 6.45) is 9.65. The van der Waals surface area contributed by atoms with E-state index in [1.165, 1.54) is 38.5 Å². The number of nitrogens with one attached hydrogen (secondary N) is 2. The number of amides is 1. The monoisotopic (exact) mass is 294 g/mol. The van der Waals surface area contributed by atoms with Gasteiger partial charge < -0.3 is 15.4 Å². The first kappa shape index (κ1) is 15.3. The van der Waals surface area contributed by atoms with Crippen LogP contribution < -0.4 is 10.6 Å². The summed E-state index contributed by atoms with van der Waals surface area (Å²) in [5.74, 6) is 0.878. The van der Waals surface area contributed by atoms with Crippen molar-refractivity contribution < 1.29 is 9.53 Å². The Hall–Kier alpha value is -0.610. The van der Waals surface area contributed by atoms with Gasteiger partial charge in [0.25, 0.3) is 0 Å². The minimum Gasteiger partial charge on any atom is -0.385 e. The van der Waals surface area contributed by atoms with Crippen molar-refractivity contribution in [1.29, 1.82) is 0 Å². The van der Waals surface area contributed by atoms with Gasteiger partial charge in [0, 0.05) is 26.8 Å². The average molecular weight is 294 g/mol. The molecule has 3 fully saturated rings. The van der Waals surface area contributed by atoms with Crippen molar-refractivity contribution in [3.8, 4) is 0 Å². The molecule has 0 unspecified atom stereocenters. The van der Waals surface area contributed by atoms with Gasteiger partial charge in [-0.05, 0) is 50.0 Å². The summed E-state index contributed by atoms with van der Waals surface area (Å²) in [5.41, 5.74) is 0.211. The van der Waals surface area contributed by atoms with Gasteiger partial charge in [-0.15, -0.1) is 0 Å². The quantitative estimate of drug-likeness (QED) is 0.788. The second-order valence-corrected chi connectivity index (χ2v) is 7.51. The Morgan fingerprint density at radius 2 is 2.14 bits per heavy atom. The number of fused-ring (bicyclic) bond motifs is 1. The Balaban J connectivity index is 1.58. The first-order valence-corrected chi connectivity index (χ1v) is 8.69. The normalized spacial score (nSPS) is 34.0. The molecule has 2 saturated carbocycles. The fourth-order valence-electron chi connectivity index (χ4n) is 4.64. The molecule has 1 saturated heterocycles. The molecule has 2 aliphatic carbocycles. The van der Waals surface area contributed by atoms with Gasteiger partial charge >= 0.3 is 0 Å². The van der Waals surface area contributed by atoms with E-state index in [4.69, 9.17) is 4.74 Å². The number of carbonyl (C=O) groups excluding carboxylic acids is 1. The van der Waals surface area contributed by atoms with Crippen LogP contribution in [0.1, 0.15) is 51.4 Å². The van der Waals surface area contributed by atoms with Gasteiger partial charge in [0.2, 0.25) is 5.91 Å². The third kappa shape index (κ3) is 2.85. The molecule has 0 aromatic carbocycles. The zero-order chi connectivity index (χ0) is 14.8. The number of methoxy groups -OCH3 is 1. The SMILES string of the molecule is COCCC1(CNC(=O)[C@@]23CCCC[C@H]2CNC3)CCC1. The highest BCUT2D eigenvalue weighted by atomic mass is 16.5.